The second-order valence-corrected chi connectivity index (χ2v) is 9.15. The summed E-state index contributed by atoms with van der Waals surface area (Å²) in [7, 11) is 1.82. The maximum atomic E-state index is 14.7. The molecule has 1 aliphatic heterocycles. The molecular formula is C24H14F9NO3S. The smallest absolute Gasteiger partial charge is 0.387 e. The normalized spacial score (nSPS) is 17.7. The third-order valence-electron chi connectivity index (χ3n) is 6.07. The lowest BCUT2D eigenvalue weighted by molar-refractivity contribution is -0.260. The minimum absolute atomic E-state index is 0.0708. The van der Waals surface area contributed by atoms with Gasteiger partial charge in [-0.05, 0) is 12.1 Å². The Hall–Kier alpha value is -3.26. The molecule has 0 fully saturated rings. The molecule has 3 aromatic carbocycles. The maximum absolute atomic E-state index is 14.7. The zero-order chi connectivity index (χ0) is 28.4. The number of nitrogens with one attached hydrogen (secondary N) is 1. The molecule has 1 atom stereocenters. The van der Waals surface area contributed by atoms with Gasteiger partial charge < -0.3 is 10.1 Å². The Kier molecular flexibility index (Phi) is 6.50. The number of carbonyl (C=O) groups excluding carboxylic acids is 2. The number of hydrogen-bond donors (Lipinski definition) is 1. The van der Waals surface area contributed by atoms with Crippen LogP contribution in [0.2, 0.25) is 0 Å². The number of methoxy groups -OCH3 is 1. The van der Waals surface area contributed by atoms with Crippen LogP contribution in [0.15, 0.2) is 52.3 Å². The van der Waals surface area contributed by atoms with Crippen LogP contribution < -0.4 is 5.32 Å². The summed E-state index contributed by atoms with van der Waals surface area (Å²) in [6.07, 6.45) is -16.3. The van der Waals surface area contributed by atoms with Crippen molar-refractivity contribution in [2.45, 2.75) is 33.9 Å². The third kappa shape index (κ3) is 4.01. The van der Waals surface area contributed by atoms with E-state index in [9.17, 15) is 49.1 Å². The van der Waals surface area contributed by atoms with Crippen molar-refractivity contribution in [3.8, 4) is 0 Å². The first kappa shape index (κ1) is 27.8. The van der Waals surface area contributed by atoms with Crippen LogP contribution in [0.1, 0.15) is 31.8 Å². The topological polar surface area (TPSA) is 55.4 Å². The van der Waals surface area contributed by atoms with Crippen molar-refractivity contribution >= 4 is 39.8 Å². The number of rotatable bonds is 4. The Morgan fingerprint density at radius 3 is 1.95 bits per heavy atom. The van der Waals surface area contributed by atoms with Crippen LogP contribution in [0, 0.1) is 0 Å². The summed E-state index contributed by atoms with van der Waals surface area (Å²) in [6.45, 7) is 0. The predicted molar refractivity (Wildman–Crippen MR) is 119 cm³/mol. The number of benzene rings is 3. The summed E-state index contributed by atoms with van der Waals surface area (Å²) >= 11 is 0.592. The van der Waals surface area contributed by atoms with Gasteiger partial charge in [-0.25, -0.2) is 0 Å². The number of ketones is 2. The van der Waals surface area contributed by atoms with Crippen molar-refractivity contribution < 1.29 is 53.8 Å². The number of anilines is 1. The lowest BCUT2D eigenvalue weighted by Gasteiger charge is -2.41. The third-order valence-corrected chi connectivity index (χ3v) is 7.28. The van der Waals surface area contributed by atoms with Gasteiger partial charge in [-0.3, -0.25) is 9.59 Å². The highest BCUT2D eigenvalue weighted by Crippen LogP contribution is 2.59. The fraction of sp³-hybridized carbons (Fsp3) is 0.250. The van der Waals surface area contributed by atoms with Gasteiger partial charge in [-0.1, -0.05) is 42.1 Å². The summed E-state index contributed by atoms with van der Waals surface area (Å²) < 4.78 is 130. The Morgan fingerprint density at radius 2 is 1.42 bits per heavy atom. The van der Waals surface area contributed by atoms with Crippen molar-refractivity contribution in [3.05, 3.63) is 64.7 Å². The second kappa shape index (κ2) is 8.90. The number of Topliss-reactive ketones (excluding diaryl/α,β-unsaturated/α-hetero) is 2. The first-order chi connectivity index (χ1) is 17.5. The minimum Gasteiger partial charge on any atom is -0.387 e. The molecule has 14 heteroatoms. The standard InChI is InChI=1S/C24H14F9NO3S/c1-34-17-10-7-8-14-18(38-15-6-4-3-5-13(15)21(14,37-2)24(31,32)33)16(10)11(19(35)22(25,26)27)9-12(17)20(36)23(28,29)30/h3-9,34H,1-2H3. The first-order valence-corrected chi connectivity index (χ1v) is 11.3. The van der Waals surface area contributed by atoms with Gasteiger partial charge in [0.05, 0.1) is 11.3 Å². The fourth-order valence-electron chi connectivity index (χ4n) is 4.55. The van der Waals surface area contributed by atoms with Crippen LogP contribution in [0.5, 0.6) is 0 Å². The first-order valence-electron chi connectivity index (χ1n) is 10.4. The Balaban J connectivity index is 2.24. The van der Waals surface area contributed by atoms with Crippen LogP contribution in [-0.2, 0) is 10.3 Å². The molecule has 1 aliphatic rings. The number of hydrogen-bond acceptors (Lipinski definition) is 5. The number of alkyl halides is 9. The number of ether oxygens (including phenoxy) is 1. The average Bonchev–Trinajstić information content (AvgIpc) is 2.83. The largest absolute Gasteiger partial charge is 0.454 e. The fourth-order valence-corrected chi connectivity index (χ4v) is 5.88. The lowest BCUT2D eigenvalue weighted by Crippen LogP contribution is -2.47. The van der Waals surface area contributed by atoms with Crippen molar-refractivity contribution in [2.75, 3.05) is 19.5 Å². The molecule has 0 spiro atoms. The molecule has 0 saturated carbocycles. The van der Waals surface area contributed by atoms with Gasteiger partial charge in [-0.2, -0.15) is 39.5 Å². The minimum atomic E-state index is -5.63. The van der Waals surface area contributed by atoms with Gasteiger partial charge in [-0.15, -0.1) is 0 Å². The average molecular weight is 567 g/mol. The molecule has 0 aliphatic carbocycles. The number of halogens is 9. The van der Waals surface area contributed by atoms with E-state index in [1.165, 1.54) is 18.2 Å². The van der Waals surface area contributed by atoms with Gasteiger partial charge in [0.2, 0.25) is 5.60 Å². The molecule has 38 heavy (non-hydrogen) atoms. The molecule has 3 aromatic rings. The maximum Gasteiger partial charge on any atom is 0.454 e. The van der Waals surface area contributed by atoms with E-state index in [4.69, 9.17) is 4.74 Å². The van der Waals surface area contributed by atoms with Crippen LogP contribution in [-0.4, -0.2) is 44.3 Å². The molecule has 0 aromatic heterocycles. The van der Waals surface area contributed by atoms with Crippen molar-refractivity contribution in [3.63, 3.8) is 0 Å². The molecule has 0 bridgehead atoms. The molecule has 0 amide bonds. The van der Waals surface area contributed by atoms with Crippen LogP contribution in [0.4, 0.5) is 45.2 Å². The van der Waals surface area contributed by atoms with E-state index in [2.05, 4.69) is 5.32 Å². The Labute approximate surface area is 212 Å². The Morgan fingerprint density at radius 1 is 0.842 bits per heavy atom. The van der Waals surface area contributed by atoms with E-state index in [1.54, 1.807) is 0 Å². The molecule has 4 rings (SSSR count). The van der Waals surface area contributed by atoms with Crippen LogP contribution in [0.25, 0.3) is 10.8 Å². The van der Waals surface area contributed by atoms with Gasteiger partial charge >= 0.3 is 18.5 Å². The van der Waals surface area contributed by atoms with Crippen LogP contribution in [0.3, 0.4) is 0 Å². The number of carbonyl (C=O) groups is 2. The van der Waals surface area contributed by atoms with E-state index < -0.39 is 73.7 Å². The van der Waals surface area contributed by atoms with Crippen LogP contribution >= 0.6 is 11.8 Å². The van der Waals surface area contributed by atoms with Crippen molar-refractivity contribution in [1.29, 1.82) is 0 Å². The molecule has 1 heterocycles. The van der Waals surface area contributed by atoms with Crippen molar-refractivity contribution in [2.24, 2.45) is 0 Å². The van der Waals surface area contributed by atoms with Crippen molar-refractivity contribution in [1.82, 2.24) is 0 Å². The zero-order valence-corrected chi connectivity index (χ0v) is 19.9. The highest BCUT2D eigenvalue weighted by atomic mass is 32.2. The molecular weight excluding hydrogens is 553 g/mol. The number of fused-ring (bicyclic) bond motifs is 4. The molecule has 0 radical (unpaired) electrons. The van der Waals surface area contributed by atoms with Gasteiger partial charge in [0, 0.05) is 51.4 Å². The summed E-state index contributed by atoms with van der Waals surface area (Å²) in [6, 6.07) is 6.85. The molecule has 1 N–H and O–H groups in total. The SMILES string of the molecule is CNc1c(C(=O)C(F)(F)F)cc(C(=O)C(F)(F)F)c2c3c(ccc12)C(OC)(C(F)(F)F)c1ccccc1S3. The van der Waals surface area contributed by atoms with E-state index in [1.807, 2.05) is 0 Å². The van der Waals surface area contributed by atoms with Gasteiger partial charge in [0.1, 0.15) is 0 Å². The van der Waals surface area contributed by atoms with E-state index >= 15 is 0 Å². The molecule has 1 unspecified atom stereocenters. The zero-order valence-electron chi connectivity index (χ0n) is 19.1. The summed E-state index contributed by atoms with van der Waals surface area (Å²) in [4.78, 5) is 24.0. The predicted octanol–water partition coefficient (Wildman–Crippen LogP) is 7.29. The lowest BCUT2D eigenvalue weighted by atomic mass is 9.82. The van der Waals surface area contributed by atoms with E-state index in [-0.39, 0.29) is 16.5 Å². The highest BCUT2D eigenvalue weighted by Gasteiger charge is 2.61. The molecule has 4 nitrogen and oxygen atoms in total. The van der Waals surface area contributed by atoms with E-state index in [0.717, 1.165) is 32.4 Å². The highest BCUT2D eigenvalue weighted by molar-refractivity contribution is 7.99. The Bertz CT molecular complexity index is 1480. The van der Waals surface area contributed by atoms with E-state index in [0.29, 0.717) is 11.8 Å². The summed E-state index contributed by atoms with van der Waals surface area (Å²) in [5.41, 5.74) is -7.54. The quantitative estimate of drug-likeness (QED) is 0.265. The summed E-state index contributed by atoms with van der Waals surface area (Å²) in [5.74, 6) is -5.18. The molecule has 0 saturated heterocycles. The summed E-state index contributed by atoms with van der Waals surface area (Å²) in [5, 5.41) is 1.11. The van der Waals surface area contributed by atoms with Gasteiger partial charge in [0.15, 0.2) is 0 Å². The molecule has 202 valence electrons. The second-order valence-electron chi connectivity index (χ2n) is 8.10. The van der Waals surface area contributed by atoms with Gasteiger partial charge in [0.25, 0.3) is 11.6 Å². The monoisotopic (exact) mass is 567 g/mol.